The van der Waals surface area contributed by atoms with Gasteiger partial charge in [-0.2, -0.15) is 0 Å². The molecular weight excluding hydrogens is 255 g/mol. The summed E-state index contributed by atoms with van der Waals surface area (Å²) in [4.78, 5) is -0.339. The number of alkyl halides is 2. The largest absolute Gasteiger partial charge is 0.373 e. The second-order valence-electron chi connectivity index (χ2n) is 5.38. The second-order valence-corrected chi connectivity index (χ2v) is 6.65. The Morgan fingerprint density at radius 1 is 1.06 bits per heavy atom. The molecule has 0 amide bonds. The first-order chi connectivity index (χ1) is 7.89. The maximum Gasteiger partial charge on any atom is 0.110 e. The maximum atomic E-state index is 5.99. The lowest BCUT2D eigenvalue weighted by Crippen LogP contribution is -2.33. The highest BCUT2D eigenvalue weighted by molar-refractivity contribution is 6.44. The van der Waals surface area contributed by atoms with Crippen molar-refractivity contribution in [1.82, 2.24) is 0 Å². The maximum absolute atomic E-state index is 5.99. The number of rotatable bonds is 10. The van der Waals surface area contributed by atoms with Crippen LogP contribution in [0.25, 0.3) is 0 Å². The Bertz CT molecular complexity index is 171. The molecule has 0 rings (SSSR count). The first-order valence-electron chi connectivity index (χ1n) is 6.85. The van der Waals surface area contributed by atoms with E-state index >= 15 is 0 Å². The molecule has 0 aliphatic rings. The van der Waals surface area contributed by atoms with Crippen molar-refractivity contribution in [3.05, 3.63) is 0 Å². The fourth-order valence-corrected chi connectivity index (χ4v) is 2.86. The fraction of sp³-hybridized carbons (Fsp3) is 1.00. The third-order valence-electron chi connectivity index (χ3n) is 2.92. The van der Waals surface area contributed by atoms with Gasteiger partial charge in [0.1, 0.15) is 4.84 Å². The minimum atomic E-state index is -0.339. The van der Waals surface area contributed by atoms with E-state index in [1.54, 1.807) is 0 Å². The molecule has 0 spiro atoms. The highest BCUT2D eigenvalue weighted by Crippen LogP contribution is 2.29. The van der Waals surface area contributed by atoms with Crippen molar-refractivity contribution in [3.8, 4) is 0 Å². The molecule has 0 saturated carbocycles. The molecule has 17 heavy (non-hydrogen) atoms. The first kappa shape index (κ1) is 17.5. The minimum Gasteiger partial charge on any atom is -0.373 e. The topological polar surface area (TPSA) is 9.23 Å². The third kappa shape index (κ3) is 10.2. The molecular formula is C14H28Cl2O. The molecule has 0 radical (unpaired) electrons. The highest BCUT2D eigenvalue weighted by Gasteiger charge is 2.28. The van der Waals surface area contributed by atoms with Gasteiger partial charge < -0.3 is 4.74 Å². The fourth-order valence-electron chi connectivity index (χ4n) is 2.21. The van der Waals surface area contributed by atoms with Crippen LogP contribution in [0.3, 0.4) is 0 Å². The lowest BCUT2D eigenvalue weighted by Gasteiger charge is -2.32. The summed E-state index contributed by atoms with van der Waals surface area (Å²) in [5.74, 6) is 0. The van der Waals surface area contributed by atoms with Crippen LogP contribution in [0.5, 0.6) is 0 Å². The van der Waals surface area contributed by atoms with Crippen LogP contribution in [0.2, 0.25) is 0 Å². The second kappa shape index (κ2) is 9.47. The van der Waals surface area contributed by atoms with Gasteiger partial charge in [0.2, 0.25) is 0 Å². The van der Waals surface area contributed by atoms with Gasteiger partial charge in [-0.15, -0.1) is 23.2 Å². The van der Waals surface area contributed by atoms with E-state index in [0.717, 1.165) is 6.42 Å². The zero-order valence-corrected chi connectivity index (χ0v) is 13.3. The molecule has 0 aliphatic heterocycles. The summed E-state index contributed by atoms with van der Waals surface area (Å²) in [6.07, 6.45) is 8.39. The highest BCUT2D eigenvalue weighted by atomic mass is 35.5. The Morgan fingerprint density at radius 2 is 1.65 bits per heavy atom. The van der Waals surface area contributed by atoms with Crippen molar-refractivity contribution in [2.45, 2.75) is 89.2 Å². The zero-order valence-electron chi connectivity index (χ0n) is 11.8. The summed E-state index contributed by atoms with van der Waals surface area (Å²) in [5.41, 5.74) is -0.172. The van der Waals surface area contributed by atoms with Crippen LogP contribution in [0.4, 0.5) is 0 Å². The lowest BCUT2D eigenvalue weighted by molar-refractivity contribution is -0.0771. The Hall–Kier alpha value is 0.540. The number of ether oxygens (including phenoxy) is 1. The van der Waals surface area contributed by atoms with E-state index in [1.165, 1.54) is 32.1 Å². The van der Waals surface area contributed by atoms with Gasteiger partial charge in [0, 0.05) is 6.42 Å². The van der Waals surface area contributed by atoms with E-state index in [9.17, 15) is 0 Å². The Morgan fingerprint density at radius 3 is 2.12 bits per heavy atom. The standard InChI is InChI=1S/C14H28Cl2O/c1-5-6-7-8-9-10-14(4,11-13(15)16)17-12(2)3/h12-13H,5-11H2,1-4H3. The van der Waals surface area contributed by atoms with Gasteiger partial charge in [0.15, 0.2) is 0 Å². The van der Waals surface area contributed by atoms with Gasteiger partial charge >= 0.3 is 0 Å². The number of hydrogen-bond donors (Lipinski definition) is 0. The smallest absolute Gasteiger partial charge is 0.110 e. The molecule has 104 valence electrons. The Balaban J connectivity index is 4.00. The van der Waals surface area contributed by atoms with Gasteiger partial charge in [-0.3, -0.25) is 0 Å². The monoisotopic (exact) mass is 282 g/mol. The summed E-state index contributed by atoms with van der Waals surface area (Å²) < 4.78 is 5.99. The SMILES string of the molecule is CCCCCCCC(C)(CC(Cl)Cl)OC(C)C. The molecule has 0 bridgehead atoms. The summed E-state index contributed by atoms with van der Waals surface area (Å²) in [6.45, 7) is 8.49. The average molecular weight is 283 g/mol. The quantitative estimate of drug-likeness (QED) is 0.368. The van der Waals surface area contributed by atoms with Crippen LogP contribution in [0.1, 0.15) is 72.6 Å². The van der Waals surface area contributed by atoms with Gasteiger partial charge in [0.25, 0.3) is 0 Å². The first-order valence-corrected chi connectivity index (χ1v) is 7.73. The summed E-state index contributed by atoms with van der Waals surface area (Å²) in [6, 6.07) is 0. The number of hydrogen-bond acceptors (Lipinski definition) is 1. The predicted molar refractivity (Wildman–Crippen MR) is 78.1 cm³/mol. The third-order valence-corrected chi connectivity index (χ3v) is 3.22. The van der Waals surface area contributed by atoms with Crippen molar-refractivity contribution >= 4 is 23.2 Å². The van der Waals surface area contributed by atoms with E-state index in [4.69, 9.17) is 27.9 Å². The summed E-state index contributed by atoms with van der Waals surface area (Å²) >= 11 is 11.8. The average Bonchev–Trinajstić information content (AvgIpc) is 2.14. The zero-order chi connectivity index (χ0) is 13.3. The molecule has 3 heteroatoms. The van der Waals surface area contributed by atoms with Crippen LogP contribution in [0.15, 0.2) is 0 Å². The molecule has 0 aliphatic carbocycles. The van der Waals surface area contributed by atoms with Crippen LogP contribution in [0, 0.1) is 0 Å². The molecule has 1 unspecified atom stereocenters. The van der Waals surface area contributed by atoms with Gasteiger partial charge in [-0.1, -0.05) is 39.0 Å². The van der Waals surface area contributed by atoms with Crippen molar-refractivity contribution in [1.29, 1.82) is 0 Å². The van der Waals surface area contributed by atoms with Gasteiger partial charge in [0.05, 0.1) is 11.7 Å². The van der Waals surface area contributed by atoms with Crippen molar-refractivity contribution in [3.63, 3.8) is 0 Å². The molecule has 0 N–H and O–H groups in total. The number of halogens is 2. The van der Waals surface area contributed by atoms with E-state index in [2.05, 4.69) is 27.7 Å². The normalized spacial score (nSPS) is 15.5. The van der Waals surface area contributed by atoms with E-state index < -0.39 is 0 Å². The lowest BCUT2D eigenvalue weighted by atomic mass is 9.94. The molecule has 0 heterocycles. The molecule has 0 aromatic rings. The van der Waals surface area contributed by atoms with Gasteiger partial charge in [-0.25, -0.2) is 0 Å². The predicted octanol–water partition coefficient (Wildman–Crippen LogP) is 5.72. The van der Waals surface area contributed by atoms with Crippen molar-refractivity contribution in [2.24, 2.45) is 0 Å². The van der Waals surface area contributed by atoms with Crippen LogP contribution >= 0.6 is 23.2 Å². The van der Waals surface area contributed by atoms with E-state index in [-0.39, 0.29) is 16.5 Å². The van der Waals surface area contributed by atoms with E-state index in [0.29, 0.717) is 6.42 Å². The van der Waals surface area contributed by atoms with Crippen molar-refractivity contribution < 1.29 is 4.74 Å². The van der Waals surface area contributed by atoms with Crippen LogP contribution in [-0.2, 0) is 4.74 Å². The van der Waals surface area contributed by atoms with Crippen molar-refractivity contribution in [2.75, 3.05) is 0 Å². The minimum absolute atomic E-state index is 0.172. The molecule has 1 atom stereocenters. The van der Waals surface area contributed by atoms with E-state index in [1.807, 2.05) is 0 Å². The van der Waals surface area contributed by atoms with Gasteiger partial charge in [-0.05, 0) is 27.2 Å². The Labute approximate surface area is 117 Å². The molecule has 0 aromatic carbocycles. The van der Waals surface area contributed by atoms with Crippen LogP contribution < -0.4 is 0 Å². The molecule has 0 fully saturated rings. The molecule has 0 aromatic heterocycles. The summed E-state index contributed by atoms with van der Waals surface area (Å²) in [5, 5.41) is 0. The number of unbranched alkanes of at least 4 members (excludes halogenated alkanes) is 4. The molecule has 0 saturated heterocycles. The van der Waals surface area contributed by atoms with Crippen LogP contribution in [-0.4, -0.2) is 16.5 Å². The molecule has 1 nitrogen and oxygen atoms in total. The Kier molecular flexibility index (Phi) is 9.77. The summed E-state index contributed by atoms with van der Waals surface area (Å²) in [7, 11) is 0.